The first-order chi connectivity index (χ1) is 9.31. The summed E-state index contributed by atoms with van der Waals surface area (Å²) in [5, 5.41) is 9.66. The Balaban J connectivity index is 2.94. The van der Waals surface area contributed by atoms with E-state index in [9.17, 15) is 5.11 Å². The molecule has 0 aliphatic carbocycles. The van der Waals surface area contributed by atoms with Gasteiger partial charge in [0.25, 0.3) is 0 Å². The van der Waals surface area contributed by atoms with Gasteiger partial charge in [-0.25, -0.2) is 0 Å². The molecule has 1 N–H and O–H groups in total. The second-order valence-corrected chi connectivity index (χ2v) is 6.88. The minimum Gasteiger partial charge on any atom is -0.389 e. The molecule has 20 heavy (non-hydrogen) atoms. The zero-order valence-electron chi connectivity index (χ0n) is 13.2. The van der Waals surface area contributed by atoms with Gasteiger partial charge in [-0.2, -0.15) is 0 Å². The van der Waals surface area contributed by atoms with Crippen LogP contribution in [0.25, 0.3) is 0 Å². The average molecular weight is 343 g/mol. The van der Waals surface area contributed by atoms with Crippen molar-refractivity contribution in [2.75, 3.05) is 38.6 Å². The summed E-state index contributed by atoms with van der Waals surface area (Å²) in [6.07, 6.45) is -0.430. The number of anilines is 1. The van der Waals surface area contributed by atoms with Crippen LogP contribution in [0.2, 0.25) is 0 Å². The van der Waals surface area contributed by atoms with Crippen LogP contribution in [0.3, 0.4) is 0 Å². The van der Waals surface area contributed by atoms with E-state index in [-0.39, 0.29) is 0 Å². The molecule has 0 saturated carbocycles. The Morgan fingerprint density at radius 2 is 1.80 bits per heavy atom. The molecule has 3 nitrogen and oxygen atoms in total. The van der Waals surface area contributed by atoms with Gasteiger partial charge in [-0.15, -0.1) is 0 Å². The quantitative estimate of drug-likeness (QED) is 0.821. The van der Waals surface area contributed by atoms with Crippen LogP contribution in [0.4, 0.5) is 5.69 Å². The maximum absolute atomic E-state index is 9.66. The predicted octanol–water partition coefficient (Wildman–Crippen LogP) is 3.53. The van der Waals surface area contributed by atoms with E-state index in [0.717, 1.165) is 29.7 Å². The van der Waals surface area contributed by atoms with E-state index >= 15 is 0 Å². The normalized spacial score (nSPS) is 13.1. The molecule has 0 amide bonds. The van der Waals surface area contributed by atoms with Gasteiger partial charge in [0.15, 0.2) is 0 Å². The molecule has 0 radical (unpaired) electrons. The van der Waals surface area contributed by atoms with Gasteiger partial charge in [0.1, 0.15) is 0 Å². The summed E-state index contributed by atoms with van der Waals surface area (Å²) in [7, 11) is 4.19. The van der Waals surface area contributed by atoms with Gasteiger partial charge in [-0.3, -0.25) is 0 Å². The van der Waals surface area contributed by atoms with Gasteiger partial charge in [-0.05, 0) is 60.6 Å². The topological polar surface area (TPSA) is 26.7 Å². The Kier molecular flexibility index (Phi) is 7.00. The lowest BCUT2D eigenvalue weighted by molar-refractivity contribution is 0.199. The minimum atomic E-state index is -0.430. The van der Waals surface area contributed by atoms with E-state index in [4.69, 9.17) is 0 Å². The lowest BCUT2D eigenvalue weighted by atomic mass is 10.1. The summed E-state index contributed by atoms with van der Waals surface area (Å²) in [6, 6.07) is 6.13. The fraction of sp³-hybridized carbons (Fsp3) is 0.625. The van der Waals surface area contributed by atoms with Crippen LogP contribution in [0.5, 0.6) is 0 Å². The Morgan fingerprint density at radius 1 is 1.15 bits per heavy atom. The molecule has 0 heterocycles. The number of benzene rings is 1. The van der Waals surface area contributed by atoms with E-state index in [1.165, 1.54) is 5.69 Å². The summed E-state index contributed by atoms with van der Waals surface area (Å²) >= 11 is 3.65. The Labute approximate surface area is 131 Å². The first-order valence-corrected chi connectivity index (χ1v) is 7.97. The van der Waals surface area contributed by atoms with Gasteiger partial charge in [0.05, 0.1) is 11.8 Å². The largest absolute Gasteiger partial charge is 0.389 e. The lowest BCUT2D eigenvalue weighted by Gasteiger charge is -2.29. The van der Waals surface area contributed by atoms with Crippen molar-refractivity contribution in [2.24, 2.45) is 5.92 Å². The first kappa shape index (κ1) is 17.5. The van der Waals surface area contributed by atoms with E-state index in [1.54, 1.807) is 6.92 Å². The fourth-order valence-electron chi connectivity index (χ4n) is 2.11. The maximum Gasteiger partial charge on any atom is 0.0762 e. The molecule has 1 rings (SSSR count). The van der Waals surface area contributed by atoms with Gasteiger partial charge in [-0.1, -0.05) is 19.9 Å². The summed E-state index contributed by atoms with van der Waals surface area (Å²) in [6.45, 7) is 9.32. The molecule has 0 unspecified atom stereocenters. The minimum absolute atomic E-state index is 0.430. The van der Waals surface area contributed by atoms with Crippen LogP contribution in [0.1, 0.15) is 32.4 Å². The number of hydrogen-bond donors (Lipinski definition) is 1. The third-order valence-electron chi connectivity index (χ3n) is 3.20. The molecular formula is C16H27BrN2O. The molecule has 1 aromatic rings. The van der Waals surface area contributed by atoms with Crippen molar-refractivity contribution in [3.8, 4) is 0 Å². The molecule has 0 aliphatic heterocycles. The third-order valence-corrected chi connectivity index (χ3v) is 3.83. The number of rotatable bonds is 7. The third kappa shape index (κ3) is 5.43. The zero-order valence-corrected chi connectivity index (χ0v) is 14.8. The fourth-order valence-corrected chi connectivity index (χ4v) is 2.76. The van der Waals surface area contributed by atoms with Gasteiger partial charge >= 0.3 is 0 Å². The highest BCUT2D eigenvalue weighted by Gasteiger charge is 2.13. The highest BCUT2D eigenvalue weighted by Crippen LogP contribution is 2.30. The molecule has 0 saturated heterocycles. The molecule has 4 heteroatoms. The van der Waals surface area contributed by atoms with Crippen LogP contribution < -0.4 is 4.90 Å². The molecule has 0 aromatic heterocycles. The van der Waals surface area contributed by atoms with Crippen LogP contribution in [0.15, 0.2) is 22.7 Å². The number of halogens is 1. The highest BCUT2D eigenvalue weighted by molar-refractivity contribution is 9.10. The average Bonchev–Trinajstić information content (AvgIpc) is 2.33. The number of likely N-dealkylation sites (N-methyl/N-ethyl adjacent to an activating group) is 1. The van der Waals surface area contributed by atoms with Crippen LogP contribution in [0, 0.1) is 5.92 Å². The first-order valence-electron chi connectivity index (χ1n) is 7.18. The lowest BCUT2D eigenvalue weighted by Crippen LogP contribution is -2.34. The Bertz CT molecular complexity index is 419. The summed E-state index contributed by atoms with van der Waals surface area (Å²) < 4.78 is 1.05. The molecular weight excluding hydrogens is 316 g/mol. The maximum atomic E-state index is 9.66. The molecule has 1 aromatic carbocycles. The molecule has 1 atom stereocenters. The van der Waals surface area contributed by atoms with Crippen LogP contribution in [-0.2, 0) is 0 Å². The molecule has 114 valence electrons. The summed E-state index contributed by atoms with van der Waals surface area (Å²) in [5.41, 5.74) is 2.14. The smallest absolute Gasteiger partial charge is 0.0762 e. The number of aliphatic hydroxyl groups excluding tert-OH is 1. The zero-order chi connectivity index (χ0) is 15.3. The van der Waals surface area contributed by atoms with E-state index in [2.05, 4.69) is 59.7 Å². The van der Waals surface area contributed by atoms with E-state index in [0.29, 0.717) is 5.92 Å². The number of aliphatic hydroxyl groups is 1. The summed E-state index contributed by atoms with van der Waals surface area (Å²) in [5.74, 6) is 0.612. The Morgan fingerprint density at radius 3 is 2.25 bits per heavy atom. The monoisotopic (exact) mass is 342 g/mol. The van der Waals surface area contributed by atoms with Crippen molar-refractivity contribution in [2.45, 2.75) is 26.9 Å². The second kappa shape index (κ2) is 8.01. The van der Waals surface area contributed by atoms with Crippen LogP contribution in [-0.4, -0.2) is 43.7 Å². The highest BCUT2D eigenvalue weighted by atomic mass is 79.9. The van der Waals surface area contributed by atoms with Crippen molar-refractivity contribution in [3.63, 3.8) is 0 Å². The van der Waals surface area contributed by atoms with Gasteiger partial charge in [0, 0.05) is 24.1 Å². The van der Waals surface area contributed by atoms with E-state index < -0.39 is 6.10 Å². The molecule has 0 fully saturated rings. The molecule has 0 spiro atoms. The van der Waals surface area contributed by atoms with Gasteiger partial charge < -0.3 is 14.9 Å². The number of nitrogens with zero attached hydrogens (tertiary/aromatic N) is 2. The Hall–Kier alpha value is -0.580. The van der Waals surface area contributed by atoms with Crippen LogP contribution >= 0.6 is 15.9 Å². The standard InChI is InChI=1S/C16H27BrN2O/c1-12(2)11-19(9-8-18(4)5)16-7-6-14(13(3)20)10-15(16)17/h6-7,10,12-13,20H,8-9,11H2,1-5H3/t13-/m1/s1. The van der Waals surface area contributed by atoms with Gasteiger partial charge in [0.2, 0.25) is 0 Å². The SMILES string of the molecule is CC(C)CN(CCN(C)C)c1ccc([C@@H](C)O)cc1Br. The summed E-state index contributed by atoms with van der Waals surface area (Å²) in [4.78, 5) is 4.60. The van der Waals surface area contributed by atoms with Crippen molar-refractivity contribution in [1.29, 1.82) is 0 Å². The number of hydrogen-bond acceptors (Lipinski definition) is 3. The van der Waals surface area contributed by atoms with Crippen molar-refractivity contribution in [1.82, 2.24) is 4.90 Å². The molecule has 0 bridgehead atoms. The van der Waals surface area contributed by atoms with Crippen molar-refractivity contribution in [3.05, 3.63) is 28.2 Å². The van der Waals surface area contributed by atoms with Crippen molar-refractivity contribution < 1.29 is 5.11 Å². The predicted molar refractivity (Wildman–Crippen MR) is 90.4 cm³/mol. The van der Waals surface area contributed by atoms with Crippen molar-refractivity contribution >= 4 is 21.6 Å². The second-order valence-electron chi connectivity index (χ2n) is 6.03. The molecule has 0 aliphatic rings. The van der Waals surface area contributed by atoms with E-state index in [1.807, 2.05) is 12.1 Å².